The largest absolute Gasteiger partial charge is 0.288 e. The SMILES string of the molecule is O=C(NC(=O)c1ccc2c(c1)CN(N1C(=O)CCCC1=O)C2)c1cccc(Cl)c1. The Morgan fingerprint density at radius 1 is 0.862 bits per heavy atom. The fourth-order valence-corrected chi connectivity index (χ4v) is 3.78. The summed E-state index contributed by atoms with van der Waals surface area (Å²) >= 11 is 5.88. The van der Waals surface area contributed by atoms with Crippen molar-refractivity contribution in [1.29, 1.82) is 0 Å². The summed E-state index contributed by atoms with van der Waals surface area (Å²) in [7, 11) is 0. The maximum atomic E-state index is 12.5. The summed E-state index contributed by atoms with van der Waals surface area (Å²) in [6.45, 7) is 0.784. The van der Waals surface area contributed by atoms with Gasteiger partial charge in [0.25, 0.3) is 11.8 Å². The van der Waals surface area contributed by atoms with Crippen LogP contribution in [-0.4, -0.2) is 33.6 Å². The second kappa shape index (κ2) is 7.77. The van der Waals surface area contributed by atoms with Crippen LogP contribution >= 0.6 is 11.6 Å². The average molecular weight is 412 g/mol. The zero-order valence-electron chi connectivity index (χ0n) is 15.5. The molecule has 1 saturated heterocycles. The number of carbonyl (C=O) groups is 4. The molecule has 4 rings (SSSR count). The highest BCUT2D eigenvalue weighted by Gasteiger charge is 2.34. The fourth-order valence-electron chi connectivity index (χ4n) is 3.59. The Morgan fingerprint density at radius 3 is 2.21 bits per heavy atom. The van der Waals surface area contributed by atoms with Crippen molar-refractivity contribution >= 4 is 35.2 Å². The Kier molecular flexibility index (Phi) is 5.17. The van der Waals surface area contributed by atoms with Gasteiger partial charge in [0, 0.05) is 42.1 Å². The van der Waals surface area contributed by atoms with Crippen molar-refractivity contribution in [3.8, 4) is 0 Å². The highest BCUT2D eigenvalue weighted by atomic mass is 35.5. The van der Waals surface area contributed by atoms with E-state index >= 15 is 0 Å². The number of rotatable bonds is 3. The van der Waals surface area contributed by atoms with Gasteiger partial charge in [-0.3, -0.25) is 24.5 Å². The number of nitrogens with one attached hydrogen (secondary N) is 1. The molecule has 0 aromatic heterocycles. The van der Waals surface area contributed by atoms with Gasteiger partial charge in [-0.05, 0) is 47.9 Å². The first-order valence-corrected chi connectivity index (χ1v) is 9.64. The molecule has 1 fully saturated rings. The van der Waals surface area contributed by atoms with E-state index in [1.54, 1.807) is 41.4 Å². The van der Waals surface area contributed by atoms with Gasteiger partial charge >= 0.3 is 0 Å². The number of imide groups is 2. The van der Waals surface area contributed by atoms with E-state index in [1.807, 2.05) is 0 Å². The number of hydrogen-bond acceptors (Lipinski definition) is 5. The third-order valence-electron chi connectivity index (χ3n) is 5.02. The van der Waals surface area contributed by atoms with Gasteiger partial charge < -0.3 is 0 Å². The number of carbonyl (C=O) groups excluding carboxylic acids is 4. The molecule has 0 unspecified atom stereocenters. The number of amides is 4. The number of fused-ring (bicyclic) bond motifs is 1. The second-order valence-corrected chi connectivity index (χ2v) is 7.49. The first kappa shape index (κ1) is 19.3. The molecular weight excluding hydrogens is 394 g/mol. The molecule has 2 aliphatic heterocycles. The van der Waals surface area contributed by atoms with E-state index in [4.69, 9.17) is 11.6 Å². The lowest BCUT2D eigenvalue weighted by molar-refractivity contribution is -0.169. The van der Waals surface area contributed by atoms with Crippen LogP contribution in [0.2, 0.25) is 5.02 Å². The normalized spacial score (nSPS) is 16.7. The van der Waals surface area contributed by atoms with Crippen molar-refractivity contribution < 1.29 is 19.2 Å². The van der Waals surface area contributed by atoms with Gasteiger partial charge in [-0.2, -0.15) is 0 Å². The molecule has 148 valence electrons. The lowest BCUT2D eigenvalue weighted by Crippen LogP contribution is -2.49. The molecule has 0 saturated carbocycles. The molecule has 8 heteroatoms. The van der Waals surface area contributed by atoms with Crippen LogP contribution in [0, 0.1) is 0 Å². The van der Waals surface area contributed by atoms with E-state index in [0.29, 0.717) is 48.5 Å². The molecule has 2 aromatic rings. The average Bonchev–Trinajstić information content (AvgIpc) is 3.10. The molecule has 7 nitrogen and oxygen atoms in total. The van der Waals surface area contributed by atoms with E-state index < -0.39 is 11.8 Å². The van der Waals surface area contributed by atoms with Crippen LogP contribution in [0.1, 0.15) is 51.1 Å². The third-order valence-corrected chi connectivity index (χ3v) is 5.26. The summed E-state index contributed by atoms with van der Waals surface area (Å²) < 4.78 is 0. The molecule has 2 aliphatic rings. The summed E-state index contributed by atoms with van der Waals surface area (Å²) in [5.74, 6) is -1.45. The molecule has 29 heavy (non-hydrogen) atoms. The maximum absolute atomic E-state index is 12.5. The highest BCUT2D eigenvalue weighted by molar-refractivity contribution is 6.31. The highest BCUT2D eigenvalue weighted by Crippen LogP contribution is 2.28. The lowest BCUT2D eigenvalue weighted by Gasteiger charge is -2.32. The van der Waals surface area contributed by atoms with E-state index in [0.717, 1.165) is 11.1 Å². The van der Waals surface area contributed by atoms with E-state index in [2.05, 4.69) is 5.32 Å². The monoisotopic (exact) mass is 411 g/mol. The van der Waals surface area contributed by atoms with Crippen LogP contribution in [0.25, 0.3) is 0 Å². The molecular formula is C21H18ClN3O4. The minimum atomic E-state index is -0.538. The minimum absolute atomic E-state index is 0.195. The Hall–Kier alpha value is -3.03. The molecule has 2 heterocycles. The lowest BCUT2D eigenvalue weighted by atomic mass is 10.1. The quantitative estimate of drug-likeness (QED) is 0.785. The number of halogens is 1. The number of nitrogens with zero attached hydrogens (tertiary/aromatic N) is 2. The van der Waals surface area contributed by atoms with Gasteiger partial charge in [-0.15, -0.1) is 0 Å². The number of hydrogen-bond donors (Lipinski definition) is 1. The molecule has 1 N–H and O–H groups in total. The van der Waals surface area contributed by atoms with Crippen molar-refractivity contribution in [2.75, 3.05) is 0 Å². The van der Waals surface area contributed by atoms with Gasteiger partial charge in [-0.25, -0.2) is 10.0 Å². The third kappa shape index (κ3) is 3.92. The molecule has 0 atom stereocenters. The zero-order valence-corrected chi connectivity index (χ0v) is 16.2. The Morgan fingerprint density at radius 2 is 1.52 bits per heavy atom. The molecule has 0 aliphatic carbocycles. The smallest absolute Gasteiger partial charge is 0.258 e. The van der Waals surface area contributed by atoms with Gasteiger partial charge in [0.2, 0.25) is 11.8 Å². The molecule has 4 amide bonds. The minimum Gasteiger partial charge on any atom is -0.288 e. The van der Waals surface area contributed by atoms with Crippen molar-refractivity contribution in [1.82, 2.24) is 15.3 Å². The molecule has 0 bridgehead atoms. The summed E-state index contributed by atoms with van der Waals surface area (Å²) in [4.78, 5) is 49.1. The van der Waals surface area contributed by atoms with Gasteiger partial charge in [-0.1, -0.05) is 23.7 Å². The first-order chi connectivity index (χ1) is 13.9. The van der Waals surface area contributed by atoms with Crippen molar-refractivity contribution in [3.63, 3.8) is 0 Å². The van der Waals surface area contributed by atoms with Crippen molar-refractivity contribution in [2.24, 2.45) is 0 Å². The second-order valence-electron chi connectivity index (χ2n) is 7.05. The summed E-state index contributed by atoms with van der Waals surface area (Å²) in [6.07, 6.45) is 1.30. The van der Waals surface area contributed by atoms with Crippen LogP contribution in [-0.2, 0) is 22.7 Å². The number of piperidine rings is 1. The Labute approximate surface area is 172 Å². The first-order valence-electron chi connectivity index (χ1n) is 9.26. The van der Waals surface area contributed by atoms with E-state index in [1.165, 1.54) is 11.1 Å². The summed E-state index contributed by atoms with van der Waals surface area (Å²) in [6, 6.07) is 11.4. The molecule has 2 aromatic carbocycles. The maximum Gasteiger partial charge on any atom is 0.258 e. The van der Waals surface area contributed by atoms with Crippen LogP contribution < -0.4 is 5.32 Å². The predicted octanol–water partition coefficient (Wildman–Crippen LogP) is 2.68. The van der Waals surface area contributed by atoms with E-state index in [9.17, 15) is 19.2 Å². The van der Waals surface area contributed by atoms with Gasteiger partial charge in [0.15, 0.2) is 0 Å². The zero-order chi connectivity index (χ0) is 20.5. The van der Waals surface area contributed by atoms with Crippen molar-refractivity contribution in [2.45, 2.75) is 32.4 Å². The molecule has 0 spiro atoms. The van der Waals surface area contributed by atoms with Crippen LogP contribution in [0.5, 0.6) is 0 Å². The fraction of sp³-hybridized carbons (Fsp3) is 0.238. The van der Waals surface area contributed by atoms with Crippen molar-refractivity contribution in [3.05, 3.63) is 69.7 Å². The summed E-state index contributed by atoms with van der Waals surface area (Å²) in [5.41, 5.74) is 2.41. The molecule has 0 radical (unpaired) electrons. The number of benzene rings is 2. The Balaban J connectivity index is 1.47. The topological polar surface area (TPSA) is 86.8 Å². The van der Waals surface area contributed by atoms with E-state index in [-0.39, 0.29) is 11.8 Å². The van der Waals surface area contributed by atoms with Crippen LogP contribution in [0.3, 0.4) is 0 Å². The van der Waals surface area contributed by atoms with Gasteiger partial charge in [0.05, 0.1) is 0 Å². The Bertz CT molecular complexity index is 1020. The van der Waals surface area contributed by atoms with Gasteiger partial charge in [0.1, 0.15) is 0 Å². The number of hydrazine groups is 1. The van der Waals surface area contributed by atoms with Crippen LogP contribution in [0.15, 0.2) is 42.5 Å². The summed E-state index contributed by atoms with van der Waals surface area (Å²) in [5, 5.41) is 5.69. The standard InChI is InChI=1S/C21H18ClN3O4/c22-17-4-1-3-13(10-17)20(28)23-21(29)14-7-8-15-11-24(12-16(15)9-14)25-18(26)5-2-6-19(25)27/h1,3-4,7-10H,2,5-6,11-12H2,(H,23,28,29). The van der Waals surface area contributed by atoms with Crippen LogP contribution in [0.4, 0.5) is 0 Å². The predicted molar refractivity (Wildman–Crippen MR) is 105 cm³/mol.